The number of hydrogen-bond donors (Lipinski definition) is 5. The van der Waals surface area contributed by atoms with Crippen LogP contribution in [0, 0.1) is 0 Å². The smallest absolute Gasteiger partial charge is 0.319 e. The van der Waals surface area contributed by atoms with Crippen molar-refractivity contribution in [2.45, 2.75) is 44.9 Å². The fraction of sp³-hybridized carbons (Fsp3) is 0.229. The van der Waals surface area contributed by atoms with Crippen molar-refractivity contribution in [3.63, 3.8) is 0 Å². The van der Waals surface area contributed by atoms with E-state index in [1.807, 2.05) is 91.9 Å². The van der Waals surface area contributed by atoms with Gasteiger partial charge in [-0.1, -0.05) is 84.9 Å². The first-order valence-electron chi connectivity index (χ1n) is 14.7. The average molecular weight is 594 g/mol. The van der Waals surface area contributed by atoms with Crippen LogP contribution in [0.25, 0.3) is 0 Å². The molecular weight excluding hydrogens is 554 g/mol. The maximum absolute atomic E-state index is 13.8. The van der Waals surface area contributed by atoms with Crippen LogP contribution in [0.3, 0.4) is 0 Å². The van der Waals surface area contributed by atoms with Gasteiger partial charge in [-0.25, -0.2) is 4.79 Å². The summed E-state index contributed by atoms with van der Waals surface area (Å²) in [6, 6.07) is 31.1. The number of nitrogens with one attached hydrogen (secondary N) is 4. The number of benzene rings is 4. The number of urea groups is 1. The third-order valence-corrected chi connectivity index (χ3v) is 6.97. The molecule has 4 aromatic rings. The van der Waals surface area contributed by atoms with Crippen LogP contribution in [-0.4, -0.2) is 36.5 Å². The molecule has 0 aliphatic heterocycles. The van der Waals surface area contributed by atoms with Crippen LogP contribution < -0.4 is 31.7 Å². The fourth-order valence-corrected chi connectivity index (χ4v) is 4.62. The van der Waals surface area contributed by atoms with Gasteiger partial charge < -0.3 is 31.7 Å². The summed E-state index contributed by atoms with van der Waals surface area (Å²) in [5.74, 6) is -0.103. The number of para-hydroxylation sites is 1. The summed E-state index contributed by atoms with van der Waals surface area (Å²) in [6.07, 6.45) is 0.476. The largest absolute Gasteiger partial charge is 0.494 e. The highest BCUT2D eigenvalue weighted by atomic mass is 16.5. The summed E-state index contributed by atoms with van der Waals surface area (Å²) in [7, 11) is 0. The van der Waals surface area contributed by atoms with Crippen LogP contribution in [0.1, 0.15) is 29.2 Å². The van der Waals surface area contributed by atoms with Gasteiger partial charge in [0.1, 0.15) is 17.8 Å². The lowest BCUT2D eigenvalue weighted by atomic mass is 10.0. The van der Waals surface area contributed by atoms with E-state index in [1.54, 1.807) is 24.3 Å². The number of rotatable bonds is 14. The van der Waals surface area contributed by atoms with Gasteiger partial charge in [-0.3, -0.25) is 9.59 Å². The first-order chi connectivity index (χ1) is 21.4. The third-order valence-electron chi connectivity index (χ3n) is 6.97. The summed E-state index contributed by atoms with van der Waals surface area (Å²) < 4.78 is 5.54. The first-order valence-corrected chi connectivity index (χ1v) is 14.7. The van der Waals surface area contributed by atoms with Crippen LogP contribution in [0.2, 0.25) is 0 Å². The quantitative estimate of drug-likeness (QED) is 0.148. The molecule has 0 aliphatic rings. The predicted octanol–water partition coefficient (Wildman–Crippen LogP) is 4.32. The Morgan fingerprint density at radius 3 is 1.82 bits per heavy atom. The van der Waals surface area contributed by atoms with E-state index >= 15 is 0 Å². The Morgan fingerprint density at radius 2 is 1.20 bits per heavy atom. The average Bonchev–Trinajstić information content (AvgIpc) is 3.05. The highest BCUT2D eigenvalue weighted by Crippen LogP contribution is 2.15. The van der Waals surface area contributed by atoms with Crippen LogP contribution in [0.5, 0.6) is 5.75 Å². The summed E-state index contributed by atoms with van der Waals surface area (Å²) in [4.78, 5) is 40.2. The highest BCUT2D eigenvalue weighted by molar-refractivity contribution is 5.95. The van der Waals surface area contributed by atoms with Gasteiger partial charge in [0.25, 0.3) is 0 Å². The molecule has 228 valence electrons. The van der Waals surface area contributed by atoms with Crippen LogP contribution >= 0.6 is 0 Å². The summed E-state index contributed by atoms with van der Waals surface area (Å²) in [5, 5.41) is 11.4. The normalized spacial score (nSPS) is 12.0. The molecule has 2 atom stereocenters. The SMILES string of the molecule is CCOc1ccc(CC(NC(=O)Nc2ccccc2)C(=O)N[C@@H](Cc2ccccc2)C(=O)NCc2ccc(CN)cc2)cc1. The standard InChI is InChI=1S/C35H39N5O4/c1-2-44-30-19-17-26(18-20-30)22-32(40-35(43)38-29-11-7-4-8-12-29)34(42)39-31(21-25-9-5-3-6-10-25)33(41)37-24-28-15-13-27(23-36)14-16-28/h3-20,31-32H,2,21-24,36H2,1H3,(H,37,41)(H,39,42)(H2,38,40,43)/t31-,32?/m0/s1. The van der Waals surface area contributed by atoms with E-state index in [0.29, 0.717) is 24.6 Å². The van der Waals surface area contributed by atoms with Crippen molar-refractivity contribution in [3.8, 4) is 5.75 Å². The van der Waals surface area contributed by atoms with Crippen molar-refractivity contribution in [2.24, 2.45) is 5.73 Å². The highest BCUT2D eigenvalue weighted by Gasteiger charge is 2.27. The van der Waals surface area contributed by atoms with E-state index in [-0.39, 0.29) is 25.3 Å². The number of nitrogens with two attached hydrogens (primary N) is 1. The minimum atomic E-state index is -0.966. The zero-order valence-corrected chi connectivity index (χ0v) is 24.8. The van der Waals surface area contributed by atoms with Gasteiger partial charge in [0.05, 0.1) is 6.61 Å². The number of carbonyl (C=O) groups excluding carboxylic acids is 3. The van der Waals surface area contributed by atoms with Crippen LogP contribution in [0.4, 0.5) is 10.5 Å². The molecular formula is C35H39N5O4. The molecule has 0 saturated carbocycles. The second-order valence-electron chi connectivity index (χ2n) is 10.3. The number of amides is 4. The van der Waals surface area contributed by atoms with E-state index < -0.39 is 24.0 Å². The van der Waals surface area contributed by atoms with E-state index in [0.717, 1.165) is 22.3 Å². The molecule has 6 N–H and O–H groups in total. The lowest BCUT2D eigenvalue weighted by Gasteiger charge is -2.24. The Balaban J connectivity index is 1.51. The maximum Gasteiger partial charge on any atom is 0.319 e. The molecule has 4 amide bonds. The zero-order valence-electron chi connectivity index (χ0n) is 24.8. The molecule has 0 fully saturated rings. The first kappa shape index (κ1) is 31.8. The Hall–Kier alpha value is -5.15. The molecule has 4 aromatic carbocycles. The van der Waals surface area contributed by atoms with Crippen molar-refractivity contribution in [2.75, 3.05) is 11.9 Å². The number of hydrogen-bond acceptors (Lipinski definition) is 5. The minimum absolute atomic E-state index is 0.202. The number of anilines is 1. The summed E-state index contributed by atoms with van der Waals surface area (Å²) >= 11 is 0. The van der Waals surface area contributed by atoms with Gasteiger partial charge in [0.15, 0.2) is 0 Å². The zero-order chi connectivity index (χ0) is 31.1. The molecule has 9 nitrogen and oxygen atoms in total. The lowest BCUT2D eigenvalue weighted by Crippen LogP contribution is -2.55. The van der Waals surface area contributed by atoms with E-state index in [1.165, 1.54) is 0 Å². The van der Waals surface area contributed by atoms with Crippen LogP contribution in [0.15, 0.2) is 109 Å². The third kappa shape index (κ3) is 9.99. The van der Waals surface area contributed by atoms with Crippen molar-refractivity contribution >= 4 is 23.5 Å². The Labute approximate surface area is 258 Å². The second-order valence-corrected chi connectivity index (χ2v) is 10.3. The van der Waals surface area contributed by atoms with E-state index in [4.69, 9.17) is 10.5 Å². The predicted molar refractivity (Wildman–Crippen MR) is 172 cm³/mol. The Bertz CT molecular complexity index is 1480. The molecule has 0 radical (unpaired) electrons. The van der Waals surface area contributed by atoms with Crippen LogP contribution in [-0.2, 0) is 35.5 Å². The van der Waals surface area contributed by atoms with Crippen molar-refractivity contribution in [1.82, 2.24) is 16.0 Å². The molecule has 44 heavy (non-hydrogen) atoms. The summed E-state index contributed by atoms with van der Waals surface area (Å²) in [6.45, 7) is 3.17. The number of ether oxygens (including phenoxy) is 1. The topological polar surface area (TPSA) is 135 Å². The number of carbonyl (C=O) groups is 3. The lowest BCUT2D eigenvalue weighted by molar-refractivity contribution is -0.130. The fourth-order valence-electron chi connectivity index (χ4n) is 4.62. The molecule has 9 heteroatoms. The van der Waals surface area contributed by atoms with Gasteiger partial charge in [-0.2, -0.15) is 0 Å². The van der Waals surface area contributed by atoms with Crippen molar-refractivity contribution < 1.29 is 19.1 Å². The van der Waals surface area contributed by atoms with Gasteiger partial charge in [0.2, 0.25) is 11.8 Å². The monoisotopic (exact) mass is 593 g/mol. The van der Waals surface area contributed by atoms with Crippen molar-refractivity contribution in [3.05, 3.63) is 131 Å². The molecule has 0 bridgehead atoms. The van der Waals surface area contributed by atoms with Gasteiger partial charge in [-0.05, 0) is 53.4 Å². The van der Waals surface area contributed by atoms with Gasteiger partial charge in [0, 0.05) is 31.6 Å². The molecule has 0 aliphatic carbocycles. The second kappa shape index (κ2) is 16.5. The van der Waals surface area contributed by atoms with Gasteiger partial charge in [-0.15, -0.1) is 0 Å². The molecule has 0 saturated heterocycles. The maximum atomic E-state index is 13.8. The Kier molecular flexibility index (Phi) is 11.9. The summed E-state index contributed by atoms with van der Waals surface area (Å²) in [5.41, 5.74) is 9.90. The molecule has 0 spiro atoms. The van der Waals surface area contributed by atoms with Gasteiger partial charge >= 0.3 is 6.03 Å². The minimum Gasteiger partial charge on any atom is -0.494 e. The van der Waals surface area contributed by atoms with Crippen molar-refractivity contribution in [1.29, 1.82) is 0 Å². The van der Waals surface area contributed by atoms with E-state index in [9.17, 15) is 14.4 Å². The Morgan fingerprint density at radius 1 is 0.659 bits per heavy atom. The molecule has 1 unspecified atom stereocenters. The molecule has 0 heterocycles. The van der Waals surface area contributed by atoms with E-state index in [2.05, 4.69) is 21.3 Å². The molecule has 4 rings (SSSR count). The molecule has 0 aromatic heterocycles.